The summed E-state index contributed by atoms with van der Waals surface area (Å²) in [7, 11) is 0. The highest BCUT2D eigenvalue weighted by atomic mass is 16.2. The van der Waals surface area contributed by atoms with Gasteiger partial charge in [0.1, 0.15) is 5.57 Å². The van der Waals surface area contributed by atoms with E-state index in [0.717, 1.165) is 10.5 Å². The van der Waals surface area contributed by atoms with E-state index in [9.17, 15) is 14.4 Å². The molecule has 2 rings (SSSR count). The van der Waals surface area contributed by atoms with E-state index < -0.39 is 17.8 Å². The maximum Gasteiger partial charge on any atom is 0.331 e. The predicted octanol–water partition coefficient (Wildman–Crippen LogP) is 2.46. The molecule has 1 fully saturated rings. The van der Waals surface area contributed by atoms with Crippen LogP contribution in [0.4, 0.5) is 4.79 Å². The van der Waals surface area contributed by atoms with Crippen LogP contribution in [-0.4, -0.2) is 29.3 Å². The quantitative estimate of drug-likeness (QED) is 0.527. The van der Waals surface area contributed by atoms with E-state index in [1.54, 1.807) is 0 Å². The Morgan fingerprint density at radius 3 is 2.36 bits per heavy atom. The van der Waals surface area contributed by atoms with Gasteiger partial charge >= 0.3 is 6.03 Å². The molecule has 5 heteroatoms. The van der Waals surface area contributed by atoms with Crippen LogP contribution in [0.25, 0.3) is 6.08 Å². The van der Waals surface area contributed by atoms with E-state index in [0.29, 0.717) is 5.92 Å². The highest BCUT2D eigenvalue weighted by Gasteiger charge is 2.34. The molecule has 5 nitrogen and oxygen atoms in total. The SMILES string of the molecule is C=CCN1C(=O)NC(=O)C(=Cc2ccc(C(C)C)cc2)C1=O. The third-order valence-electron chi connectivity index (χ3n) is 3.41. The molecule has 0 spiro atoms. The van der Waals surface area contributed by atoms with Crippen molar-refractivity contribution in [3.63, 3.8) is 0 Å². The molecule has 4 amide bonds. The minimum atomic E-state index is -0.720. The molecule has 0 aromatic heterocycles. The Hall–Kier alpha value is -2.69. The van der Waals surface area contributed by atoms with Gasteiger partial charge in [-0.15, -0.1) is 6.58 Å². The second-order valence-corrected chi connectivity index (χ2v) is 5.34. The maximum atomic E-state index is 12.2. The molecule has 1 aromatic rings. The number of amides is 4. The first-order chi connectivity index (χ1) is 10.4. The van der Waals surface area contributed by atoms with Crippen molar-refractivity contribution in [2.24, 2.45) is 0 Å². The van der Waals surface area contributed by atoms with Crippen molar-refractivity contribution in [3.8, 4) is 0 Å². The zero-order chi connectivity index (χ0) is 16.3. The Morgan fingerprint density at radius 2 is 1.82 bits per heavy atom. The molecule has 1 heterocycles. The molecular weight excluding hydrogens is 280 g/mol. The predicted molar refractivity (Wildman–Crippen MR) is 84.0 cm³/mol. The fourth-order valence-electron chi connectivity index (χ4n) is 2.13. The Bertz CT molecular complexity index is 657. The van der Waals surface area contributed by atoms with Gasteiger partial charge in [-0.25, -0.2) is 4.79 Å². The number of urea groups is 1. The van der Waals surface area contributed by atoms with Crippen LogP contribution < -0.4 is 5.32 Å². The van der Waals surface area contributed by atoms with Crippen molar-refractivity contribution >= 4 is 23.9 Å². The molecule has 0 radical (unpaired) electrons. The van der Waals surface area contributed by atoms with Crippen molar-refractivity contribution in [1.82, 2.24) is 10.2 Å². The summed E-state index contributed by atoms with van der Waals surface area (Å²) in [4.78, 5) is 36.7. The Kier molecular flexibility index (Phi) is 4.56. The molecular formula is C17H18N2O3. The van der Waals surface area contributed by atoms with Crippen LogP contribution in [0.1, 0.15) is 30.9 Å². The summed E-state index contributed by atoms with van der Waals surface area (Å²) in [5.41, 5.74) is 1.85. The summed E-state index contributed by atoms with van der Waals surface area (Å²) < 4.78 is 0. The lowest BCUT2D eigenvalue weighted by molar-refractivity contribution is -0.129. The van der Waals surface area contributed by atoms with Gasteiger partial charge in [0.25, 0.3) is 11.8 Å². The molecule has 0 aliphatic carbocycles. The fraction of sp³-hybridized carbons (Fsp3) is 0.235. The fourth-order valence-corrected chi connectivity index (χ4v) is 2.13. The Balaban J connectivity index is 2.32. The molecule has 1 N–H and O–H groups in total. The van der Waals surface area contributed by atoms with Crippen LogP contribution in [0, 0.1) is 0 Å². The summed E-state index contributed by atoms with van der Waals surface area (Å²) in [6, 6.07) is 6.88. The summed E-state index contributed by atoms with van der Waals surface area (Å²) in [5.74, 6) is -0.883. The van der Waals surface area contributed by atoms with Crippen LogP contribution >= 0.6 is 0 Å². The topological polar surface area (TPSA) is 66.5 Å². The lowest BCUT2D eigenvalue weighted by atomic mass is 10.0. The van der Waals surface area contributed by atoms with Crippen LogP contribution in [-0.2, 0) is 9.59 Å². The number of nitrogens with zero attached hydrogens (tertiary/aromatic N) is 1. The zero-order valence-electron chi connectivity index (χ0n) is 12.6. The summed E-state index contributed by atoms with van der Waals surface area (Å²) >= 11 is 0. The van der Waals surface area contributed by atoms with Crippen molar-refractivity contribution < 1.29 is 14.4 Å². The van der Waals surface area contributed by atoms with Gasteiger partial charge in [0.15, 0.2) is 0 Å². The Labute approximate surface area is 129 Å². The van der Waals surface area contributed by atoms with Gasteiger partial charge in [0.05, 0.1) is 0 Å². The first kappa shape index (κ1) is 15.7. The maximum absolute atomic E-state index is 12.2. The van der Waals surface area contributed by atoms with Crippen molar-refractivity contribution in [1.29, 1.82) is 0 Å². The van der Waals surface area contributed by atoms with Gasteiger partial charge in [-0.3, -0.25) is 19.8 Å². The lowest BCUT2D eigenvalue weighted by Gasteiger charge is -2.25. The average Bonchev–Trinajstić information content (AvgIpc) is 2.48. The molecule has 0 bridgehead atoms. The van der Waals surface area contributed by atoms with E-state index in [4.69, 9.17) is 0 Å². The number of benzene rings is 1. The summed E-state index contributed by atoms with van der Waals surface area (Å²) in [5, 5.41) is 2.16. The highest BCUT2D eigenvalue weighted by Crippen LogP contribution is 2.18. The normalized spacial score (nSPS) is 17.1. The number of hydrogen-bond acceptors (Lipinski definition) is 3. The van der Waals surface area contributed by atoms with Crippen molar-refractivity contribution in [2.75, 3.05) is 6.54 Å². The third kappa shape index (κ3) is 3.14. The molecule has 0 unspecified atom stereocenters. The number of carbonyl (C=O) groups is 3. The van der Waals surface area contributed by atoms with Crippen LogP contribution in [0.5, 0.6) is 0 Å². The number of carbonyl (C=O) groups excluding carboxylic acids is 3. The Morgan fingerprint density at radius 1 is 1.18 bits per heavy atom. The summed E-state index contributed by atoms with van der Waals surface area (Å²) in [6.07, 6.45) is 2.92. The highest BCUT2D eigenvalue weighted by molar-refractivity contribution is 6.31. The average molecular weight is 298 g/mol. The molecule has 1 aliphatic rings. The smallest absolute Gasteiger partial charge is 0.273 e. The van der Waals surface area contributed by atoms with Crippen LogP contribution in [0.15, 0.2) is 42.5 Å². The molecule has 0 atom stereocenters. The second kappa shape index (κ2) is 6.39. The van der Waals surface area contributed by atoms with E-state index in [1.807, 2.05) is 24.3 Å². The lowest BCUT2D eigenvalue weighted by Crippen LogP contribution is -2.54. The number of rotatable bonds is 4. The molecule has 1 aliphatic heterocycles. The van der Waals surface area contributed by atoms with Gasteiger partial charge in [-0.05, 0) is 23.1 Å². The zero-order valence-corrected chi connectivity index (χ0v) is 12.6. The van der Waals surface area contributed by atoms with Gasteiger partial charge in [-0.2, -0.15) is 0 Å². The van der Waals surface area contributed by atoms with E-state index in [1.165, 1.54) is 17.7 Å². The molecule has 114 valence electrons. The number of barbiturate groups is 1. The minimum absolute atomic E-state index is 0.0567. The van der Waals surface area contributed by atoms with Gasteiger partial charge in [-0.1, -0.05) is 44.2 Å². The largest absolute Gasteiger partial charge is 0.331 e. The van der Waals surface area contributed by atoms with Crippen LogP contribution in [0.3, 0.4) is 0 Å². The number of nitrogens with one attached hydrogen (secondary N) is 1. The monoisotopic (exact) mass is 298 g/mol. The van der Waals surface area contributed by atoms with Gasteiger partial charge in [0, 0.05) is 6.54 Å². The van der Waals surface area contributed by atoms with Crippen molar-refractivity contribution in [2.45, 2.75) is 19.8 Å². The first-order valence-corrected chi connectivity index (χ1v) is 7.03. The molecule has 1 saturated heterocycles. The first-order valence-electron chi connectivity index (χ1n) is 7.03. The van der Waals surface area contributed by atoms with Gasteiger partial charge in [0.2, 0.25) is 0 Å². The van der Waals surface area contributed by atoms with Gasteiger partial charge < -0.3 is 0 Å². The molecule has 0 saturated carbocycles. The number of imide groups is 2. The molecule has 1 aromatic carbocycles. The van der Waals surface area contributed by atoms with E-state index >= 15 is 0 Å². The molecule has 22 heavy (non-hydrogen) atoms. The number of hydrogen-bond donors (Lipinski definition) is 1. The third-order valence-corrected chi connectivity index (χ3v) is 3.41. The van der Waals surface area contributed by atoms with E-state index in [2.05, 4.69) is 25.7 Å². The van der Waals surface area contributed by atoms with Crippen LogP contribution in [0.2, 0.25) is 0 Å². The standard InChI is InChI=1S/C17H18N2O3/c1-4-9-19-16(21)14(15(20)18-17(19)22)10-12-5-7-13(8-6-12)11(2)3/h4-8,10-11H,1,9H2,2-3H3,(H,18,20,22). The van der Waals surface area contributed by atoms with E-state index in [-0.39, 0.29) is 12.1 Å². The minimum Gasteiger partial charge on any atom is -0.273 e. The van der Waals surface area contributed by atoms with Crippen molar-refractivity contribution in [3.05, 3.63) is 53.6 Å². The summed E-state index contributed by atoms with van der Waals surface area (Å²) in [6.45, 7) is 7.73. The second-order valence-electron chi connectivity index (χ2n) is 5.34.